The number of carbonyl (C=O) groups is 2. The Kier molecular flexibility index (Phi) is 9.57. The third-order valence-corrected chi connectivity index (χ3v) is 6.86. The van der Waals surface area contributed by atoms with Gasteiger partial charge in [-0.2, -0.15) is 0 Å². The number of hydrogen-bond acceptors (Lipinski definition) is 4. The Labute approximate surface area is 205 Å². The molecule has 1 unspecified atom stereocenters. The number of aryl methyl sites for hydroxylation is 1. The Morgan fingerprint density at radius 3 is 2.39 bits per heavy atom. The fraction of sp³-hybridized carbons (Fsp3) is 0.391. The van der Waals surface area contributed by atoms with Crippen LogP contribution in [0.5, 0.6) is 0 Å². The van der Waals surface area contributed by atoms with E-state index >= 15 is 0 Å². The molecule has 0 saturated heterocycles. The van der Waals surface area contributed by atoms with E-state index in [-0.39, 0.29) is 18.1 Å². The molecule has 0 aliphatic heterocycles. The van der Waals surface area contributed by atoms with Crippen LogP contribution in [0.1, 0.15) is 31.4 Å². The van der Waals surface area contributed by atoms with Gasteiger partial charge in [-0.1, -0.05) is 48.3 Å². The first-order valence-electron chi connectivity index (χ1n) is 10.5. The Morgan fingerprint density at radius 1 is 1.12 bits per heavy atom. The first-order valence-corrected chi connectivity index (χ1v) is 13.1. The summed E-state index contributed by atoms with van der Waals surface area (Å²) in [5.41, 5.74) is 1.77. The number of benzene rings is 2. The van der Waals surface area contributed by atoms with Gasteiger partial charge in [-0.05, 0) is 55.7 Å². The first-order chi connectivity index (χ1) is 15.4. The quantitative estimate of drug-likeness (QED) is 0.519. The van der Waals surface area contributed by atoms with Crippen molar-refractivity contribution in [3.63, 3.8) is 0 Å². The SMILES string of the molecule is CCCNC(=O)C(C)N(Cc1cccc(Cl)c1)C(=O)CN(c1ccc(C)c(Cl)c1)S(C)(=O)=O. The van der Waals surface area contributed by atoms with E-state index in [2.05, 4.69) is 5.32 Å². The number of nitrogens with zero attached hydrogens (tertiary/aromatic N) is 2. The van der Waals surface area contributed by atoms with Crippen LogP contribution < -0.4 is 9.62 Å². The number of amides is 2. The van der Waals surface area contributed by atoms with E-state index in [0.717, 1.165) is 28.1 Å². The molecule has 0 heterocycles. The van der Waals surface area contributed by atoms with Crippen LogP contribution in [0.3, 0.4) is 0 Å². The molecule has 0 aliphatic carbocycles. The van der Waals surface area contributed by atoms with Crippen molar-refractivity contribution >= 4 is 50.7 Å². The summed E-state index contributed by atoms with van der Waals surface area (Å²) in [7, 11) is -3.81. The lowest BCUT2D eigenvalue weighted by Crippen LogP contribution is -2.51. The zero-order valence-corrected chi connectivity index (χ0v) is 21.5. The van der Waals surface area contributed by atoms with E-state index < -0.39 is 28.5 Å². The van der Waals surface area contributed by atoms with Gasteiger partial charge in [-0.25, -0.2) is 8.42 Å². The van der Waals surface area contributed by atoms with Crippen LogP contribution in [-0.4, -0.2) is 50.5 Å². The molecular weight excluding hydrogens is 485 g/mol. The van der Waals surface area contributed by atoms with Crippen molar-refractivity contribution in [1.29, 1.82) is 0 Å². The van der Waals surface area contributed by atoms with Crippen molar-refractivity contribution in [1.82, 2.24) is 10.2 Å². The smallest absolute Gasteiger partial charge is 0.244 e. The lowest BCUT2D eigenvalue weighted by Gasteiger charge is -2.31. The second-order valence-corrected chi connectivity index (χ2v) is 10.6. The highest BCUT2D eigenvalue weighted by atomic mass is 35.5. The minimum absolute atomic E-state index is 0.0896. The summed E-state index contributed by atoms with van der Waals surface area (Å²) in [5, 5.41) is 3.67. The van der Waals surface area contributed by atoms with Crippen molar-refractivity contribution in [3.05, 3.63) is 63.6 Å². The summed E-state index contributed by atoms with van der Waals surface area (Å²) in [6.45, 7) is 5.42. The van der Waals surface area contributed by atoms with E-state index in [1.165, 1.54) is 11.0 Å². The maximum atomic E-state index is 13.4. The maximum absolute atomic E-state index is 13.4. The Morgan fingerprint density at radius 2 is 1.82 bits per heavy atom. The number of halogens is 2. The molecule has 0 fully saturated rings. The van der Waals surface area contributed by atoms with Gasteiger partial charge in [0.1, 0.15) is 12.6 Å². The Bertz CT molecular complexity index is 1110. The molecule has 0 bridgehead atoms. The topological polar surface area (TPSA) is 86.8 Å². The van der Waals surface area contributed by atoms with Gasteiger partial charge in [0.25, 0.3) is 0 Å². The average Bonchev–Trinajstić information content (AvgIpc) is 2.74. The molecule has 0 aliphatic rings. The van der Waals surface area contributed by atoms with Gasteiger partial charge in [0.2, 0.25) is 21.8 Å². The van der Waals surface area contributed by atoms with Crippen LogP contribution in [0.25, 0.3) is 0 Å². The highest BCUT2D eigenvalue weighted by molar-refractivity contribution is 7.92. The zero-order chi connectivity index (χ0) is 24.8. The van der Waals surface area contributed by atoms with Crippen molar-refractivity contribution in [2.75, 3.05) is 23.7 Å². The lowest BCUT2D eigenvalue weighted by atomic mass is 10.1. The highest BCUT2D eigenvalue weighted by Gasteiger charge is 2.30. The van der Waals surface area contributed by atoms with Crippen molar-refractivity contribution in [3.8, 4) is 0 Å². The normalized spacial score (nSPS) is 12.2. The molecule has 0 aromatic heterocycles. The molecule has 7 nitrogen and oxygen atoms in total. The molecular formula is C23H29Cl2N3O4S. The highest BCUT2D eigenvalue weighted by Crippen LogP contribution is 2.25. The fourth-order valence-corrected chi connectivity index (χ4v) is 4.39. The molecule has 1 N–H and O–H groups in total. The monoisotopic (exact) mass is 513 g/mol. The molecule has 33 heavy (non-hydrogen) atoms. The third-order valence-electron chi connectivity index (χ3n) is 5.08. The second kappa shape index (κ2) is 11.7. The van der Waals surface area contributed by atoms with Crippen molar-refractivity contribution in [2.45, 2.75) is 39.8 Å². The van der Waals surface area contributed by atoms with E-state index in [4.69, 9.17) is 23.2 Å². The number of carbonyl (C=O) groups excluding carboxylic acids is 2. The Hall–Kier alpha value is -2.29. The molecule has 1 atom stereocenters. The first kappa shape index (κ1) is 27.0. The number of anilines is 1. The largest absolute Gasteiger partial charge is 0.354 e. The van der Waals surface area contributed by atoms with Gasteiger partial charge in [-0.3, -0.25) is 13.9 Å². The van der Waals surface area contributed by atoms with Crippen LogP contribution in [0, 0.1) is 6.92 Å². The van der Waals surface area contributed by atoms with Crippen LogP contribution in [0.4, 0.5) is 5.69 Å². The van der Waals surface area contributed by atoms with Crippen LogP contribution in [0.15, 0.2) is 42.5 Å². The fourth-order valence-electron chi connectivity index (χ4n) is 3.16. The summed E-state index contributed by atoms with van der Waals surface area (Å²) in [4.78, 5) is 27.4. The van der Waals surface area contributed by atoms with E-state index in [1.54, 1.807) is 50.2 Å². The molecule has 2 amide bonds. The summed E-state index contributed by atoms with van der Waals surface area (Å²) >= 11 is 12.3. The summed E-state index contributed by atoms with van der Waals surface area (Å²) in [6, 6.07) is 10.9. The van der Waals surface area contributed by atoms with Gasteiger partial charge in [0, 0.05) is 23.1 Å². The predicted octanol–water partition coefficient (Wildman–Crippen LogP) is 4.01. The van der Waals surface area contributed by atoms with Crippen LogP contribution in [0.2, 0.25) is 10.0 Å². The van der Waals surface area contributed by atoms with Crippen LogP contribution >= 0.6 is 23.2 Å². The van der Waals surface area contributed by atoms with E-state index in [9.17, 15) is 18.0 Å². The molecule has 2 aromatic rings. The van der Waals surface area contributed by atoms with Gasteiger partial charge < -0.3 is 10.2 Å². The predicted molar refractivity (Wildman–Crippen MR) is 133 cm³/mol. The molecule has 2 aromatic carbocycles. The Balaban J connectivity index is 2.39. The maximum Gasteiger partial charge on any atom is 0.244 e. The summed E-state index contributed by atoms with van der Waals surface area (Å²) in [6.07, 6.45) is 1.77. The van der Waals surface area contributed by atoms with Crippen LogP contribution in [-0.2, 0) is 26.2 Å². The molecule has 0 spiro atoms. The molecule has 0 radical (unpaired) electrons. The summed E-state index contributed by atoms with van der Waals surface area (Å²) in [5.74, 6) is -0.854. The van der Waals surface area contributed by atoms with Gasteiger partial charge in [0.15, 0.2) is 0 Å². The van der Waals surface area contributed by atoms with Gasteiger partial charge in [0.05, 0.1) is 11.9 Å². The van der Waals surface area contributed by atoms with E-state index in [1.807, 2.05) is 6.92 Å². The molecule has 10 heteroatoms. The average molecular weight is 514 g/mol. The number of rotatable bonds is 10. The number of sulfonamides is 1. The van der Waals surface area contributed by atoms with E-state index in [0.29, 0.717) is 16.6 Å². The minimum atomic E-state index is -3.81. The van der Waals surface area contributed by atoms with Gasteiger partial charge >= 0.3 is 0 Å². The number of nitrogens with one attached hydrogen (secondary N) is 1. The standard InChI is InChI=1S/C23H29Cl2N3O4S/c1-5-11-26-23(30)17(3)27(14-18-7-6-8-19(24)12-18)22(29)15-28(33(4,31)32)20-10-9-16(2)21(25)13-20/h6-10,12-13,17H,5,11,14-15H2,1-4H3,(H,26,30). The minimum Gasteiger partial charge on any atom is -0.354 e. The van der Waals surface area contributed by atoms with Crippen molar-refractivity contribution < 1.29 is 18.0 Å². The third kappa shape index (κ3) is 7.62. The van der Waals surface area contributed by atoms with Gasteiger partial charge in [-0.15, -0.1) is 0 Å². The molecule has 2 rings (SSSR count). The van der Waals surface area contributed by atoms with Crippen molar-refractivity contribution in [2.24, 2.45) is 0 Å². The zero-order valence-electron chi connectivity index (χ0n) is 19.1. The number of hydrogen-bond donors (Lipinski definition) is 1. The molecule has 180 valence electrons. The lowest BCUT2D eigenvalue weighted by molar-refractivity contribution is -0.139. The second-order valence-electron chi connectivity index (χ2n) is 7.82. The summed E-state index contributed by atoms with van der Waals surface area (Å²) < 4.78 is 26.1. The molecule has 0 saturated carbocycles.